The first-order valence-corrected chi connectivity index (χ1v) is 6.55. The van der Waals surface area contributed by atoms with E-state index in [9.17, 15) is 4.79 Å². The van der Waals surface area contributed by atoms with Crippen molar-refractivity contribution in [2.45, 2.75) is 26.8 Å². The molecule has 0 aliphatic carbocycles. The van der Waals surface area contributed by atoms with Gasteiger partial charge in [0.15, 0.2) is 0 Å². The smallest absolute Gasteiger partial charge is 0.254 e. The minimum atomic E-state index is -0.319. The van der Waals surface area contributed by atoms with Crippen molar-refractivity contribution in [3.63, 3.8) is 0 Å². The van der Waals surface area contributed by atoms with Crippen molar-refractivity contribution in [3.05, 3.63) is 46.1 Å². The minimum Gasteiger partial charge on any atom is -0.466 e. The Morgan fingerprint density at radius 3 is 2.75 bits per heavy atom. The van der Waals surface area contributed by atoms with Gasteiger partial charge in [-0.1, -0.05) is 11.6 Å². The Kier molecular flexibility index (Phi) is 3.99. The Balaban J connectivity index is 2.19. The maximum absolute atomic E-state index is 12.2. The number of hydrogen-bond acceptors (Lipinski definition) is 4. The predicted octanol–water partition coefficient (Wildman–Crippen LogP) is 3.02. The van der Waals surface area contributed by atoms with E-state index in [4.69, 9.17) is 21.8 Å². The number of pyridine rings is 1. The van der Waals surface area contributed by atoms with E-state index in [1.165, 1.54) is 12.3 Å². The van der Waals surface area contributed by atoms with Gasteiger partial charge in [-0.2, -0.15) is 0 Å². The van der Waals surface area contributed by atoms with E-state index in [2.05, 4.69) is 10.3 Å². The number of nitrogens with one attached hydrogen (secondary N) is 1. The summed E-state index contributed by atoms with van der Waals surface area (Å²) in [6.45, 7) is 5.60. The van der Waals surface area contributed by atoms with E-state index in [1.807, 2.05) is 26.8 Å². The molecule has 0 saturated heterocycles. The lowest BCUT2D eigenvalue weighted by atomic mass is 10.1. The van der Waals surface area contributed by atoms with Gasteiger partial charge in [0.1, 0.15) is 16.7 Å². The summed E-state index contributed by atoms with van der Waals surface area (Å²) in [4.78, 5) is 16.1. The lowest BCUT2D eigenvalue weighted by Crippen LogP contribution is -2.27. The van der Waals surface area contributed by atoms with Gasteiger partial charge in [0, 0.05) is 5.56 Å². The number of aromatic nitrogens is 1. The van der Waals surface area contributed by atoms with Gasteiger partial charge in [0.25, 0.3) is 5.91 Å². The van der Waals surface area contributed by atoms with E-state index in [-0.39, 0.29) is 22.7 Å². The first-order valence-electron chi connectivity index (χ1n) is 6.17. The first-order chi connectivity index (χ1) is 9.38. The van der Waals surface area contributed by atoms with Crippen molar-refractivity contribution in [2.24, 2.45) is 0 Å². The zero-order chi connectivity index (χ0) is 14.9. The molecule has 106 valence electrons. The average Bonchev–Trinajstić information content (AvgIpc) is 2.71. The zero-order valence-corrected chi connectivity index (χ0v) is 12.3. The van der Waals surface area contributed by atoms with E-state index >= 15 is 0 Å². The molecule has 1 amide bonds. The number of nitrogens with two attached hydrogens (primary N) is 1. The van der Waals surface area contributed by atoms with Gasteiger partial charge in [-0.25, -0.2) is 4.98 Å². The van der Waals surface area contributed by atoms with Gasteiger partial charge < -0.3 is 15.5 Å². The largest absolute Gasteiger partial charge is 0.466 e. The number of amides is 1. The van der Waals surface area contributed by atoms with Gasteiger partial charge in [0.2, 0.25) is 0 Å². The molecule has 0 spiro atoms. The third kappa shape index (κ3) is 2.93. The Hall–Kier alpha value is -2.01. The van der Waals surface area contributed by atoms with Crippen molar-refractivity contribution in [2.75, 3.05) is 5.73 Å². The van der Waals surface area contributed by atoms with Crippen LogP contribution in [0.2, 0.25) is 5.15 Å². The molecular formula is C14H16ClN3O2. The minimum absolute atomic E-state index is 0.129. The van der Waals surface area contributed by atoms with E-state index < -0.39 is 0 Å². The van der Waals surface area contributed by atoms with Crippen molar-refractivity contribution < 1.29 is 9.21 Å². The van der Waals surface area contributed by atoms with Gasteiger partial charge in [-0.05, 0) is 32.9 Å². The van der Waals surface area contributed by atoms with Crippen LogP contribution in [-0.4, -0.2) is 10.9 Å². The lowest BCUT2D eigenvalue weighted by molar-refractivity contribution is 0.0939. The number of carbonyl (C=O) groups excluding carboxylic acids is 1. The number of furan rings is 1. The van der Waals surface area contributed by atoms with Crippen LogP contribution in [0, 0.1) is 13.8 Å². The van der Waals surface area contributed by atoms with Crippen LogP contribution in [0.1, 0.15) is 40.4 Å². The van der Waals surface area contributed by atoms with Crippen LogP contribution in [0.15, 0.2) is 22.7 Å². The molecule has 6 heteroatoms. The molecule has 0 fully saturated rings. The monoisotopic (exact) mass is 293 g/mol. The van der Waals surface area contributed by atoms with Crippen LogP contribution < -0.4 is 11.1 Å². The van der Waals surface area contributed by atoms with Crippen molar-refractivity contribution >= 4 is 23.2 Å². The van der Waals surface area contributed by atoms with Crippen molar-refractivity contribution in [3.8, 4) is 0 Å². The second-order valence-electron chi connectivity index (χ2n) is 4.67. The number of hydrogen-bond donors (Lipinski definition) is 2. The molecule has 1 unspecified atom stereocenters. The zero-order valence-electron chi connectivity index (χ0n) is 11.5. The normalized spacial score (nSPS) is 12.2. The van der Waals surface area contributed by atoms with Crippen LogP contribution in [0.3, 0.4) is 0 Å². The molecule has 0 aromatic carbocycles. The van der Waals surface area contributed by atoms with Crippen molar-refractivity contribution in [1.82, 2.24) is 10.3 Å². The number of carbonyl (C=O) groups is 1. The SMILES string of the molecule is Cc1cc(C(C)NC(=O)c2cc(N)cnc2Cl)c(C)o1. The molecule has 0 aliphatic heterocycles. The Morgan fingerprint density at radius 1 is 1.45 bits per heavy atom. The highest BCUT2D eigenvalue weighted by Crippen LogP contribution is 2.22. The maximum atomic E-state index is 12.2. The molecule has 1 atom stereocenters. The first kappa shape index (κ1) is 14.4. The van der Waals surface area contributed by atoms with Crippen LogP contribution in [0.4, 0.5) is 5.69 Å². The van der Waals surface area contributed by atoms with E-state index in [0.717, 1.165) is 17.1 Å². The second kappa shape index (κ2) is 5.54. The quantitative estimate of drug-likeness (QED) is 0.852. The topological polar surface area (TPSA) is 81.2 Å². The Morgan fingerprint density at radius 2 is 2.15 bits per heavy atom. The lowest BCUT2D eigenvalue weighted by Gasteiger charge is -2.14. The molecule has 0 radical (unpaired) electrons. The molecule has 2 aromatic rings. The van der Waals surface area contributed by atoms with E-state index in [1.54, 1.807) is 0 Å². The average molecular weight is 294 g/mol. The summed E-state index contributed by atoms with van der Waals surface area (Å²) in [5.74, 6) is 1.27. The highest BCUT2D eigenvalue weighted by Gasteiger charge is 2.18. The maximum Gasteiger partial charge on any atom is 0.254 e. The summed E-state index contributed by atoms with van der Waals surface area (Å²) in [6, 6.07) is 3.21. The van der Waals surface area contributed by atoms with Crippen molar-refractivity contribution in [1.29, 1.82) is 0 Å². The standard InChI is InChI=1S/C14H16ClN3O2/c1-7-4-11(9(3)20-7)8(2)18-14(19)12-5-10(16)6-17-13(12)15/h4-6,8H,16H2,1-3H3,(H,18,19). The molecule has 3 N–H and O–H groups in total. The summed E-state index contributed by atoms with van der Waals surface area (Å²) in [6.07, 6.45) is 1.41. The number of aryl methyl sites for hydroxylation is 2. The van der Waals surface area contributed by atoms with Gasteiger partial charge >= 0.3 is 0 Å². The fourth-order valence-corrected chi connectivity index (χ4v) is 2.25. The second-order valence-corrected chi connectivity index (χ2v) is 5.03. The highest BCUT2D eigenvalue weighted by molar-refractivity contribution is 6.32. The van der Waals surface area contributed by atoms with Gasteiger partial charge in [0.05, 0.1) is 23.5 Å². The summed E-state index contributed by atoms with van der Waals surface area (Å²) < 4.78 is 5.46. The number of anilines is 1. The Labute approximate surface area is 122 Å². The number of rotatable bonds is 3. The number of nitrogen functional groups attached to an aromatic ring is 1. The molecule has 2 heterocycles. The molecule has 20 heavy (non-hydrogen) atoms. The third-order valence-electron chi connectivity index (χ3n) is 3.00. The number of nitrogens with zero attached hydrogens (tertiary/aromatic N) is 1. The third-order valence-corrected chi connectivity index (χ3v) is 3.30. The number of halogens is 1. The van der Waals surface area contributed by atoms with Gasteiger partial charge in [-0.15, -0.1) is 0 Å². The summed E-state index contributed by atoms with van der Waals surface area (Å²) in [5, 5.41) is 2.98. The van der Waals surface area contributed by atoms with Crippen LogP contribution in [0.25, 0.3) is 0 Å². The molecular weight excluding hydrogens is 278 g/mol. The molecule has 2 aromatic heterocycles. The van der Waals surface area contributed by atoms with Crippen LogP contribution in [0.5, 0.6) is 0 Å². The predicted molar refractivity (Wildman–Crippen MR) is 77.7 cm³/mol. The molecule has 0 saturated carbocycles. The Bertz CT molecular complexity index is 652. The van der Waals surface area contributed by atoms with Gasteiger partial charge in [-0.3, -0.25) is 4.79 Å². The van der Waals surface area contributed by atoms with E-state index in [0.29, 0.717) is 5.69 Å². The van der Waals surface area contributed by atoms with Crippen LogP contribution in [-0.2, 0) is 0 Å². The summed E-state index contributed by atoms with van der Waals surface area (Å²) in [7, 11) is 0. The molecule has 0 bridgehead atoms. The highest BCUT2D eigenvalue weighted by atomic mass is 35.5. The molecule has 5 nitrogen and oxygen atoms in total. The molecule has 0 aliphatic rings. The summed E-state index contributed by atoms with van der Waals surface area (Å²) in [5.41, 5.74) is 7.20. The summed E-state index contributed by atoms with van der Waals surface area (Å²) >= 11 is 5.91. The fourth-order valence-electron chi connectivity index (χ4n) is 2.06. The molecule has 2 rings (SSSR count). The fraction of sp³-hybridized carbons (Fsp3) is 0.286. The van der Waals surface area contributed by atoms with Crippen LogP contribution >= 0.6 is 11.6 Å².